The fraction of sp³-hybridized carbons (Fsp3) is 0.259. The zero-order valence-electron chi connectivity index (χ0n) is 19.0. The van der Waals surface area contributed by atoms with Crippen LogP contribution in [-0.4, -0.2) is 29.1 Å². The molecule has 4 rings (SSSR count). The lowest BCUT2D eigenvalue weighted by Gasteiger charge is -2.17. The van der Waals surface area contributed by atoms with Crippen LogP contribution >= 0.6 is 11.8 Å². The van der Waals surface area contributed by atoms with Crippen LogP contribution in [0.4, 0.5) is 5.69 Å². The quantitative estimate of drug-likeness (QED) is 0.392. The number of benzene rings is 3. The van der Waals surface area contributed by atoms with Crippen LogP contribution in [0.15, 0.2) is 70.6 Å². The van der Waals surface area contributed by atoms with E-state index < -0.39 is 0 Å². The number of hydrogen-bond donors (Lipinski definition) is 0. The number of fused-ring (bicyclic) bond motifs is 1. The van der Waals surface area contributed by atoms with Crippen molar-refractivity contribution >= 4 is 45.4 Å². The second kappa shape index (κ2) is 9.61. The van der Waals surface area contributed by atoms with E-state index in [-0.39, 0.29) is 5.91 Å². The van der Waals surface area contributed by atoms with Crippen molar-refractivity contribution in [2.75, 3.05) is 13.2 Å². The summed E-state index contributed by atoms with van der Waals surface area (Å²) >= 11 is 1.43. The summed E-state index contributed by atoms with van der Waals surface area (Å²) in [4.78, 5) is 20.7. The topological polar surface area (TPSA) is 41.9 Å². The molecule has 0 bridgehead atoms. The Morgan fingerprint density at radius 3 is 2.53 bits per heavy atom. The van der Waals surface area contributed by atoms with E-state index in [1.165, 1.54) is 17.3 Å². The highest BCUT2D eigenvalue weighted by atomic mass is 32.2. The number of carbonyl (C=O) groups excluding carboxylic acids is 1. The van der Waals surface area contributed by atoms with E-state index in [4.69, 9.17) is 9.73 Å². The Morgan fingerprint density at radius 1 is 1.06 bits per heavy atom. The van der Waals surface area contributed by atoms with Crippen molar-refractivity contribution in [2.45, 2.75) is 27.7 Å². The summed E-state index contributed by atoms with van der Waals surface area (Å²) in [5, 5.41) is 2.90. The third kappa shape index (κ3) is 4.73. The van der Waals surface area contributed by atoms with E-state index in [9.17, 15) is 4.79 Å². The molecule has 3 aromatic carbocycles. The molecule has 4 nitrogen and oxygen atoms in total. The number of carbonyl (C=O) groups is 1. The van der Waals surface area contributed by atoms with Crippen molar-refractivity contribution in [3.8, 4) is 5.75 Å². The highest BCUT2D eigenvalue weighted by molar-refractivity contribution is 8.18. The molecule has 32 heavy (non-hydrogen) atoms. The van der Waals surface area contributed by atoms with E-state index in [1.807, 2.05) is 55.5 Å². The Labute approximate surface area is 194 Å². The molecule has 0 atom stereocenters. The molecule has 0 N–H and O–H groups in total. The molecule has 5 heteroatoms. The minimum Gasteiger partial charge on any atom is -0.493 e. The highest BCUT2D eigenvalue weighted by Crippen LogP contribution is 2.38. The molecule has 3 aromatic rings. The van der Waals surface area contributed by atoms with E-state index in [0.717, 1.165) is 32.9 Å². The normalized spacial score (nSPS) is 16.7. The molecule has 164 valence electrons. The Hall–Kier alpha value is -3.05. The van der Waals surface area contributed by atoms with Gasteiger partial charge in [-0.3, -0.25) is 9.69 Å². The van der Waals surface area contributed by atoms with Gasteiger partial charge in [-0.25, -0.2) is 4.99 Å². The monoisotopic (exact) mass is 444 g/mol. The molecule has 1 heterocycles. The van der Waals surface area contributed by atoms with Crippen LogP contribution in [0.3, 0.4) is 0 Å². The molecular formula is C27H28N2O2S. The van der Waals surface area contributed by atoms with Crippen LogP contribution in [-0.2, 0) is 4.79 Å². The van der Waals surface area contributed by atoms with Crippen LogP contribution in [0.1, 0.15) is 31.9 Å². The van der Waals surface area contributed by atoms with Crippen molar-refractivity contribution in [1.82, 2.24) is 4.90 Å². The van der Waals surface area contributed by atoms with Gasteiger partial charge in [0, 0.05) is 12.1 Å². The molecule has 0 saturated carbocycles. The molecule has 1 aliphatic rings. The Kier molecular flexibility index (Phi) is 6.66. The first-order valence-electron chi connectivity index (χ1n) is 11.0. The molecular weight excluding hydrogens is 416 g/mol. The Balaban J connectivity index is 1.79. The summed E-state index contributed by atoms with van der Waals surface area (Å²) in [5.74, 6) is 1.11. The number of hydrogen-bond acceptors (Lipinski definition) is 4. The van der Waals surface area contributed by atoms with Gasteiger partial charge in [0.05, 0.1) is 17.2 Å². The molecule has 1 saturated heterocycles. The first-order valence-corrected chi connectivity index (χ1v) is 11.8. The van der Waals surface area contributed by atoms with Gasteiger partial charge < -0.3 is 4.74 Å². The molecule has 0 aromatic heterocycles. The minimum absolute atomic E-state index is 0.00931. The van der Waals surface area contributed by atoms with Crippen molar-refractivity contribution in [2.24, 2.45) is 10.9 Å². The smallest absolute Gasteiger partial charge is 0.266 e. The molecule has 0 spiro atoms. The van der Waals surface area contributed by atoms with E-state index in [0.29, 0.717) is 24.0 Å². The average Bonchev–Trinajstić information content (AvgIpc) is 3.05. The lowest BCUT2D eigenvalue weighted by molar-refractivity contribution is -0.122. The highest BCUT2D eigenvalue weighted by Gasteiger charge is 2.34. The Bertz CT molecular complexity index is 1200. The maximum Gasteiger partial charge on any atom is 0.266 e. The van der Waals surface area contributed by atoms with Crippen LogP contribution in [0.5, 0.6) is 5.75 Å². The lowest BCUT2D eigenvalue weighted by Crippen LogP contribution is -2.32. The molecule has 1 fully saturated rings. The molecule has 0 radical (unpaired) electrons. The fourth-order valence-electron chi connectivity index (χ4n) is 3.68. The molecule has 0 aliphatic carbocycles. The van der Waals surface area contributed by atoms with Crippen LogP contribution in [0, 0.1) is 12.8 Å². The van der Waals surface area contributed by atoms with Gasteiger partial charge in [-0.1, -0.05) is 61.9 Å². The van der Waals surface area contributed by atoms with Gasteiger partial charge in [0.2, 0.25) is 0 Å². The number of ether oxygens (including phenoxy) is 1. The molecule has 1 amide bonds. The number of aryl methyl sites for hydroxylation is 1. The second-order valence-corrected chi connectivity index (χ2v) is 9.29. The number of rotatable bonds is 6. The zero-order chi connectivity index (χ0) is 22.7. The fourth-order valence-corrected chi connectivity index (χ4v) is 4.67. The Morgan fingerprint density at radius 2 is 1.81 bits per heavy atom. The first kappa shape index (κ1) is 22.2. The number of amidine groups is 1. The first-order chi connectivity index (χ1) is 15.5. The third-order valence-electron chi connectivity index (χ3n) is 5.20. The standard InChI is InChI=1S/C27H28N2O2S/c1-5-31-24-15-12-20-8-6-7-9-22(20)23(24)16-25-26(30)29(17-18(2)3)27(32-25)28-21-13-10-19(4)11-14-21/h6-16,18H,5,17H2,1-4H3/b25-16+,28-27?. The minimum atomic E-state index is -0.00931. The van der Waals surface area contributed by atoms with Gasteiger partial charge in [0.25, 0.3) is 5.91 Å². The van der Waals surface area contributed by atoms with E-state index in [2.05, 4.69) is 39.0 Å². The van der Waals surface area contributed by atoms with Gasteiger partial charge >= 0.3 is 0 Å². The molecule has 1 aliphatic heterocycles. The van der Waals surface area contributed by atoms with Crippen molar-refractivity contribution < 1.29 is 9.53 Å². The maximum absolute atomic E-state index is 13.4. The number of nitrogens with zero attached hydrogens (tertiary/aromatic N) is 2. The number of aliphatic imine (C=N–C) groups is 1. The number of amides is 1. The van der Waals surface area contributed by atoms with Gasteiger partial charge in [0.15, 0.2) is 5.17 Å². The van der Waals surface area contributed by atoms with E-state index >= 15 is 0 Å². The predicted molar refractivity (Wildman–Crippen MR) is 136 cm³/mol. The lowest BCUT2D eigenvalue weighted by atomic mass is 10.0. The summed E-state index contributed by atoms with van der Waals surface area (Å²) < 4.78 is 5.91. The number of thioether (sulfide) groups is 1. The van der Waals surface area contributed by atoms with Crippen LogP contribution in [0.2, 0.25) is 0 Å². The average molecular weight is 445 g/mol. The van der Waals surface area contributed by atoms with Crippen LogP contribution in [0.25, 0.3) is 16.8 Å². The summed E-state index contributed by atoms with van der Waals surface area (Å²) in [6, 6.07) is 20.3. The van der Waals surface area contributed by atoms with E-state index in [1.54, 1.807) is 4.90 Å². The van der Waals surface area contributed by atoms with Gasteiger partial charge in [0.1, 0.15) is 5.75 Å². The second-order valence-electron chi connectivity index (χ2n) is 8.28. The summed E-state index contributed by atoms with van der Waals surface area (Å²) in [5.41, 5.74) is 2.96. The van der Waals surface area contributed by atoms with Crippen molar-refractivity contribution in [1.29, 1.82) is 0 Å². The summed E-state index contributed by atoms with van der Waals surface area (Å²) in [6.07, 6.45) is 1.96. The maximum atomic E-state index is 13.4. The van der Waals surface area contributed by atoms with Gasteiger partial charge in [-0.2, -0.15) is 0 Å². The van der Waals surface area contributed by atoms with Gasteiger partial charge in [-0.15, -0.1) is 0 Å². The SMILES string of the molecule is CCOc1ccc2ccccc2c1/C=C1/SC(=Nc2ccc(C)cc2)N(CC(C)C)C1=O. The largest absolute Gasteiger partial charge is 0.493 e. The van der Waals surface area contributed by atoms with Crippen LogP contribution < -0.4 is 4.74 Å². The summed E-state index contributed by atoms with van der Waals surface area (Å²) in [6.45, 7) is 9.44. The van der Waals surface area contributed by atoms with Gasteiger partial charge in [-0.05, 0) is 66.6 Å². The summed E-state index contributed by atoms with van der Waals surface area (Å²) in [7, 11) is 0. The van der Waals surface area contributed by atoms with Crippen molar-refractivity contribution in [3.05, 3.63) is 76.7 Å². The third-order valence-corrected chi connectivity index (χ3v) is 6.21. The predicted octanol–water partition coefficient (Wildman–Crippen LogP) is 6.81. The van der Waals surface area contributed by atoms with Crippen molar-refractivity contribution in [3.63, 3.8) is 0 Å². The molecule has 0 unspecified atom stereocenters. The zero-order valence-corrected chi connectivity index (χ0v) is 19.8.